The van der Waals surface area contributed by atoms with E-state index in [4.69, 9.17) is 13.8 Å². The Morgan fingerprint density at radius 2 is 2.10 bits per heavy atom. The van der Waals surface area contributed by atoms with Crippen LogP contribution in [0.5, 0.6) is 0 Å². The molecule has 4 rings (SSSR count). The number of imidazole rings is 1. The summed E-state index contributed by atoms with van der Waals surface area (Å²) in [7, 11) is -4.23. The van der Waals surface area contributed by atoms with Gasteiger partial charge in [-0.2, -0.15) is 0 Å². The summed E-state index contributed by atoms with van der Waals surface area (Å²) in [6.45, 7) is 5.32. The van der Waals surface area contributed by atoms with Gasteiger partial charge in [0.15, 0.2) is 23.2 Å². The van der Waals surface area contributed by atoms with Gasteiger partial charge in [0.1, 0.15) is 24.6 Å². The van der Waals surface area contributed by atoms with E-state index in [0.717, 1.165) is 0 Å². The molecule has 0 aromatic carbocycles. The fraction of sp³-hybridized carbons (Fsp3) is 0.600. The maximum atomic E-state index is 12.2. The zero-order valence-corrected chi connectivity index (χ0v) is 16.7. The van der Waals surface area contributed by atoms with Gasteiger partial charge in [-0.05, 0) is 20.8 Å². The molecule has 0 aliphatic carbocycles. The number of rotatable bonds is 2. The lowest BCUT2D eigenvalue weighted by Gasteiger charge is -2.27. The summed E-state index contributed by atoms with van der Waals surface area (Å²) in [5.74, 6) is 0.180. The number of fused-ring (bicyclic) bond motifs is 2. The molecule has 29 heavy (non-hydrogen) atoms. The molecule has 5 atom stereocenters. The van der Waals surface area contributed by atoms with Crippen LogP contribution < -0.4 is 10.6 Å². The van der Waals surface area contributed by atoms with Crippen molar-refractivity contribution in [3.63, 3.8) is 0 Å². The Balaban J connectivity index is 1.60. The largest absolute Gasteiger partial charge is 0.472 e. The van der Waals surface area contributed by atoms with Crippen LogP contribution in [0.4, 0.5) is 10.6 Å². The Morgan fingerprint density at radius 3 is 2.83 bits per heavy atom. The van der Waals surface area contributed by atoms with E-state index in [9.17, 15) is 19.4 Å². The standard InChI is InChI=1S/C15H21N6O7P/c1-15(2,3)20-14(23)19-11-8-12(17-5-16-11)21(6-18-8)13-9(22)10-7(27-13)4-26-29(24,25)28-10/h5-7,9-10,13,22H,4H2,1-3H3,(H,24,25)(H2,16,17,19,20,23)/t7-,9-,10-,13-/m1/s1. The van der Waals surface area contributed by atoms with E-state index in [1.807, 2.05) is 20.8 Å². The number of urea groups is 1. The van der Waals surface area contributed by atoms with E-state index >= 15 is 0 Å². The molecule has 0 bridgehead atoms. The second-order valence-electron chi connectivity index (χ2n) is 7.77. The maximum Gasteiger partial charge on any atom is 0.472 e. The molecule has 13 nitrogen and oxygen atoms in total. The Bertz CT molecular complexity index is 991. The van der Waals surface area contributed by atoms with Crippen molar-refractivity contribution in [1.29, 1.82) is 0 Å². The summed E-state index contributed by atoms with van der Waals surface area (Å²) in [6, 6.07) is -0.459. The number of carbonyl (C=O) groups excluding carboxylic acids is 1. The topological polar surface area (TPSA) is 170 Å². The summed E-state index contributed by atoms with van der Waals surface area (Å²) in [4.78, 5) is 34.1. The summed E-state index contributed by atoms with van der Waals surface area (Å²) < 4.78 is 28.5. The van der Waals surface area contributed by atoms with Gasteiger partial charge >= 0.3 is 13.9 Å². The van der Waals surface area contributed by atoms with Crippen LogP contribution in [0.3, 0.4) is 0 Å². The van der Waals surface area contributed by atoms with Gasteiger partial charge in [0, 0.05) is 5.54 Å². The average Bonchev–Trinajstić information content (AvgIpc) is 3.15. The molecule has 2 saturated heterocycles. The number of nitrogens with one attached hydrogen (secondary N) is 2. The number of phosphoric acid groups is 1. The van der Waals surface area contributed by atoms with Crippen molar-refractivity contribution in [1.82, 2.24) is 24.8 Å². The van der Waals surface area contributed by atoms with Crippen LogP contribution in [0.2, 0.25) is 0 Å². The molecule has 158 valence electrons. The molecule has 2 aromatic rings. The summed E-state index contributed by atoms with van der Waals surface area (Å²) in [5, 5.41) is 16.0. The number of aliphatic hydroxyl groups excluding tert-OH is 1. The number of amides is 2. The predicted molar refractivity (Wildman–Crippen MR) is 97.8 cm³/mol. The van der Waals surface area contributed by atoms with Gasteiger partial charge in [0.05, 0.1) is 12.9 Å². The third kappa shape index (κ3) is 3.97. The fourth-order valence-electron chi connectivity index (χ4n) is 3.17. The molecule has 2 aliphatic rings. The smallest absolute Gasteiger partial charge is 0.386 e. The molecule has 2 aliphatic heterocycles. The van der Waals surface area contributed by atoms with Crippen LogP contribution >= 0.6 is 7.82 Å². The number of ether oxygens (including phenoxy) is 1. The van der Waals surface area contributed by atoms with E-state index < -0.39 is 43.9 Å². The molecule has 2 amide bonds. The third-order valence-corrected chi connectivity index (χ3v) is 5.30. The lowest BCUT2D eigenvalue weighted by Crippen LogP contribution is -2.43. The first kappa shape index (κ1) is 20.1. The molecule has 0 radical (unpaired) electrons. The molecular formula is C15H21N6O7P. The van der Waals surface area contributed by atoms with E-state index in [-0.39, 0.29) is 17.9 Å². The van der Waals surface area contributed by atoms with Gasteiger partial charge in [-0.1, -0.05) is 0 Å². The number of hydrogen-bond acceptors (Lipinski definition) is 9. The van der Waals surface area contributed by atoms with Crippen molar-refractivity contribution in [3.8, 4) is 0 Å². The molecule has 14 heteroatoms. The summed E-state index contributed by atoms with van der Waals surface area (Å²) in [5.41, 5.74) is 0.135. The Hall–Kier alpha value is -2.15. The number of carbonyl (C=O) groups is 1. The predicted octanol–water partition coefficient (Wildman–Crippen LogP) is 0.520. The zero-order valence-electron chi connectivity index (χ0n) is 15.8. The molecule has 1 unspecified atom stereocenters. The van der Waals surface area contributed by atoms with E-state index in [0.29, 0.717) is 5.65 Å². The lowest BCUT2D eigenvalue weighted by atomic mass is 10.1. The van der Waals surface area contributed by atoms with Crippen molar-refractivity contribution in [3.05, 3.63) is 12.7 Å². The number of hydrogen-bond donors (Lipinski definition) is 4. The van der Waals surface area contributed by atoms with Crippen molar-refractivity contribution in [2.45, 2.75) is 50.8 Å². The average molecular weight is 428 g/mol. The molecule has 0 spiro atoms. The Kier molecular flexibility index (Phi) is 4.84. The fourth-order valence-corrected chi connectivity index (χ4v) is 4.14. The van der Waals surface area contributed by atoms with Gasteiger partial charge < -0.3 is 20.1 Å². The van der Waals surface area contributed by atoms with Gasteiger partial charge in [-0.3, -0.25) is 18.9 Å². The Labute approximate surface area is 165 Å². The monoisotopic (exact) mass is 428 g/mol. The highest BCUT2D eigenvalue weighted by atomic mass is 31.2. The lowest BCUT2D eigenvalue weighted by molar-refractivity contribution is -0.0664. The minimum atomic E-state index is -4.23. The molecular weight excluding hydrogens is 407 g/mol. The van der Waals surface area contributed by atoms with Crippen LogP contribution in [0.25, 0.3) is 11.2 Å². The van der Waals surface area contributed by atoms with Gasteiger partial charge in [-0.15, -0.1) is 0 Å². The van der Waals surface area contributed by atoms with Crippen LogP contribution in [-0.4, -0.2) is 66.0 Å². The van der Waals surface area contributed by atoms with Gasteiger partial charge in [0.2, 0.25) is 0 Å². The van der Waals surface area contributed by atoms with Gasteiger partial charge in [-0.25, -0.2) is 24.3 Å². The quantitative estimate of drug-likeness (QED) is 0.495. The number of anilines is 1. The number of aliphatic hydroxyl groups is 1. The number of phosphoric ester groups is 1. The zero-order chi connectivity index (χ0) is 21.0. The number of nitrogens with zero attached hydrogens (tertiary/aromatic N) is 4. The van der Waals surface area contributed by atoms with E-state index in [1.165, 1.54) is 17.2 Å². The first-order chi connectivity index (χ1) is 13.5. The summed E-state index contributed by atoms with van der Waals surface area (Å²) >= 11 is 0. The Morgan fingerprint density at radius 1 is 1.34 bits per heavy atom. The minimum Gasteiger partial charge on any atom is -0.386 e. The second-order valence-corrected chi connectivity index (χ2v) is 9.17. The number of aromatic nitrogens is 4. The van der Waals surface area contributed by atoms with Gasteiger partial charge in [0.25, 0.3) is 0 Å². The van der Waals surface area contributed by atoms with Crippen LogP contribution in [-0.2, 0) is 18.3 Å². The van der Waals surface area contributed by atoms with Crippen molar-refractivity contribution >= 4 is 30.8 Å². The third-order valence-electron chi connectivity index (χ3n) is 4.32. The van der Waals surface area contributed by atoms with E-state index in [2.05, 4.69) is 25.6 Å². The van der Waals surface area contributed by atoms with Crippen LogP contribution in [0.15, 0.2) is 12.7 Å². The second kappa shape index (κ2) is 6.97. The van der Waals surface area contributed by atoms with Crippen molar-refractivity contribution in [2.75, 3.05) is 11.9 Å². The molecule has 0 saturated carbocycles. The molecule has 4 heterocycles. The molecule has 2 aromatic heterocycles. The van der Waals surface area contributed by atoms with E-state index in [1.54, 1.807) is 0 Å². The highest BCUT2D eigenvalue weighted by Crippen LogP contribution is 2.52. The van der Waals surface area contributed by atoms with Crippen molar-refractivity contribution in [2.24, 2.45) is 0 Å². The summed E-state index contributed by atoms with van der Waals surface area (Å²) in [6.07, 6.45) is -1.42. The first-order valence-electron chi connectivity index (χ1n) is 8.80. The van der Waals surface area contributed by atoms with Crippen LogP contribution in [0, 0.1) is 0 Å². The highest BCUT2D eigenvalue weighted by molar-refractivity contribution is 7.47. The van der Waals surface area contributed by atoms with Crippen LogP contribution in [0.1, 0.15) is 27.0 Å². The first-order valence-corrected chi connectivity index (χ1v) is 10.3. The normalized spacial score (nSPS) is 32.2. The molecule has 2 fully saturated rings. The molecule has 4 N–H and O–H groups in total. The highest BCUT2D eigenvalue weighted by Gasteiger charge is 2.52. The maximum absolute atomic E-state index is 12.2. The van der Waals surface area contributed by atoms with Crippen molar-refractivity contribution < 1.29 is 33.1 Å². The SMILES string of the molecule is CC(C)(C)NC(=O)Nc1ncnc2c1ncn2[C@@H]1O[C@@H]2COP(=O)(O)O[C@H]2[C@H]1O. The minimum absolute atomic E-state index is 0.180.